The molecule has 2 nitrogen and oxygen atoms in total. The number of hydrogen-bond acceptors (Lipinski definition) is 2. The Hall–Kier alpha value is -3.09. The van der Waals surface area contributed by atoms with Crippen molar-refractivity contribution in [2.24, 2.45) is 0 Å². The molecule has 0 bridgehead atoms. The fourth-order valence-corrected chi connectivity index (χ4v) is 8.33. The van der Waals surface area contributed by atoms with Crippen LogP contribution in [-0.2, 0) is 0 Å². The molecule has 3 heteroatoms. The van der Waals surface area contributed by atoms with E-state index in [9.17, 15) is 10.2 Å². The van der Waals surface area contributed by atoms with Crippen LogP contribution in [0.1, 0.15) is 5.56 Å². The van der Waals surface area contributed by atoms with Crippen molar-refractivity contribution < 1.29 is 10.2 Å². The van der Waals surface area contributed by atoms with Gasteiger partial charge in [0, 0.05) is 0 Å². The second kappa shape index (κ2) is 7.50. The van der Waals surface area contributed by atoms with E-state index in [1.54, 1.807) is 12.1 Å². The van der Waals surface area contributed by atoms with Crippen LogP contribution in [0.3, 0.4) is 0 Å². The molecule has 0 saturated carbocycles. The zero-order valence-electron chi connectivity index (χ0n) is 15.6. The van der Waals surface area contributed by atoms with Crippen LogP contribution in [0.5, 0.6) is 11.5 Å². The highest BCUT2D eigenvalue weighted by molar-refractivity contribution is 8.01. The van der Waals surface area contributed by atoms with Gasteiger partial charge in [0.15, 0.2) is 0 Å². The summed E-state index contributed by atoms with van der Waals surface area (Å²) in [6, 6.07) is 34.4. The predicted octanol–water partition coefficient (Wildman–Crippen LogP) is 3.39. The molecule has 4 aromatic rings. The van der Waals surface area contributed by atoms with Crippen molar-refractivity contribution in [1.29, 1.82) is 0 Å². The maximum atomic E-state index is 12.5. The Kier molecular flexibility index (Phi) is 4.90. The SMILES string of the molecule is Cc1cc(O)c([O-])cc1[P+](c1ccccc1)(c1ccccc1)c1ccccc1. The first kappa shape index (κ1) is 18.3. The maximum absolute atomic E-state index is 12.5. The molecule has 0 aliphatic heterocycles. The molecule has 0 radical (unpaired) electrons. The summed E-state index contributed by atoms with van der Waals surface area (Å²) >= 11 is 0. The molecule has 28 heavy (non-hydrogen) atoms. The van der Waals surface area contributed by atoms with Gasteiger partial charge in [-0.1, -0.05) is 60.3 Å². The highest BCUT2D eigenvalue weighted by atomic mass is 31.2. The monoisotopic (exact) mass is 384 g/mol. The van der Waals surface area contributed by atoms with Gasteiger partial charge in [0.2, 0.25) is 0 Å². The lowest BCUT2D eigenvalue weighted by Gasteiger charge is -2.29. The number of phenols is 1. The minimum absolute atomic E-state index is 0.200. The quantitative estimate of drug-likeness (QED) is 0.548. The van der Waals surface area contributed by atoms with Gasteiger partial charge in [-0.25, -0.2) is 0 Å². The first-order chi connectivity index (χ1) is 13.6. The van der Waals surface area contributed by atoms with Crippen molar-refractivity contribution in [2.75, 3.05) is 0 Å². The standard InChI is InChI=1S/C25H21O2P/c1-19-17-23(26)24(27)18-25(19)28(20-11-5-2-6-12-20,21-13-7-3-8-14-21)22-15-9-4-10-16-22/h2-18H,1H3,(H-,26,27). The van der Waals surface area contributed by atoms with E-state index in [1.165, 1.54) is 15.9 Å². The average Bonchev–Trinajstić information content (AvgIpc) is 2.75. The Balaban J connectivity index is 2.19. The van der Waals surface area contributed by atoms with Gasteiger partial charge in [0.25, 0.3) is 0 Å². The molecule has 0 amide bonds. The topological polar surface area (TPSA) is 43.3 Å². The van der Waals surface area contributed by atoms with Gasteiger partial charge in [0.05, 0.1) is 0 Å². The largest absolute Gasteiger partial charge is 0.870 e. The lowest BCUT2D eigenvalue weighted by Crippen LogP contribution is -2.39. The van der Waals surface area contributed by atoms with Crippen molar-refractivity contribution in [2.45, 2.75) is 6.92 Å². The van der Waals surface area contributed by atoms with Crippen molar-refractivity contribution in [3.63, 3.8) is 0 Å². The van der Waals surface area contributed by atoms with Crippen LogP contribution in [0.15, 0.2) is 103 Å². The zero-order valence-corrected chi connectivity index (χ0v) is 16.5. The third kappa shape index (κ3) is 2.96. The van der Waals surface area contributed by atoms with Crippen LogP contribution in [0.25, 0.3) is 0 Å². The number of hydrogen-bond donors (Lipinski definition) is 1. The number of rotatable bonds is 4. The number of benzene rings is 4. The summed E-state index contributed by atoms with van der Waals surface area (Å²) in [6.07, 6.45) is 0. The third-order valence-electron chi connectivity index (χ3n) is 5.07. The van der Waals surface area contributed by atoms with Gasteiger partial charge in [-0.15, -0.1) is 0 Å². The van der Waals surface area contributed by atoms with E-state index in [2.05, 4.69) is 36.4 Å². The number of aromatic hydroxyl groups is 1. The van der Waals surface area contributed by atoms with E-state index in [0.29, 0.717) is 0 Å². The number of aryl methyl sites for hydroxylation is 1. The summed E-state index contributed by atoms with van der Waals surface area (Å²) in [5, 5.41) is 27.0. The Morgan fingerprint density at radius 2 is 1.04 bits per heavy atom. The first-order valence-electron chi connectivity index (χ1n) is 9.21. The summed E-state index contributed by atoms with van der Waals surface area (Å²) in [7, 11) is -2.30. The third-order valence-corrected chi connectivity index (χ3v) is 9.49. The molecule has 138 valence electrons. The van der Waals surface area contributed by atoms with E-state index in [1.807, 2.05) is 61.5 Å². The fourth-order valence-electron chi connectivity index (χ4n) is 3.84. The Bertz CT molecular complexity index is 981. The van der Waals surface area contributed by atoms with Crippen LogP contribution >= 0.6 is 7.26 Å². The molecule has 0 fully saturated rings. The molecule has 0 aromatic heterocycles. The van der Waals surface area contributed by atoms with E-state index in [0.717, 1.165) is 10.9 Å². The van der Waals surface area contributed by atoms with E-state index in [-0.39, 0.29) is 11.5 Å². The molecule has 0 saturated heterocycles. The minimum atomic E-state index is -2.30. The van der Waals surface area contributed by atoms with Gasteiger partial charge >= 0.3 is 0 Å². The van der Waals surface area contributed by atoms with Gasteiger partial charge in [-0.2, -0.15) is 0 Å². The van der Waals surface area contributed by atoms with Crippen LogP contribution < -0.4 is 26.3 Å². The van der Waals surface area contributed by atoms with Gasteiger partial charge in [-0.3, -0.25) is 0 Å². The fraction of sp³-hybridized carbons (Fsp3) is 0.0400. The van der Waals surface area contributed by atoms with Crippen LogP contribution in [0, 0.1) is 6.92 Å². The molecule has 4 aromatic carbocycles. The van der Waals surface area contributed by atoms with Crippen LogP contribution in [-0.4, -0.2) is 5.11 Å². The van der Waals surface area contributed by atoms with E-state index >= 15 is 0 Å². The molecule has 1 N–H and O–H groups in total. The lowest BCUT2D eigenvalue weighted by atomic mass is 10.2. The summed E-state index contributed by atoms with van der Waals surface area (Å²) in [4.78, 5) is 0. The molecular formula is C25H21O2P. The molecular weight excluding hydrogens is 363 g/mol. The van der Waals surface area contributed by atoms with E-state index < -0.39 is 7.26 Å². The van der Waals surface area contributed by atoms with Crippen molar-refractivity contribution in [1.82, 2.24) is 0 Å². The molecule has 4 rings (SSSR count). The maximum Gasteiger partial charge on any atom is 0.144 e. The summed E-state index contributed by atoms with van der Waals surface area (Å²) in [5.74, 6) is -0.540. The van der Waals surface area contributed by atoms with Gasteiger partial charge < -0.3 is 10.2 Å². The molecule has 0 aliphatic rings. The Labute approximate surface area is 166 Å². The van der Waals surface area contributed by atoms with Crippen LogP contribution in [0.4, 0.5) is 0 Å². The second-order valence-electron chi connectivity index (χ2n) is 6.78. The minimum Gasteiger partial charge on any atom is -0.870 e. The molecule has 0 aliphatic carbocycles. The predicted molar refractivity (Wildman–Crippen MR) is 117 cm³/mol. The zero-order chi connectivity index (χ0) is 19.6. The highest BCUT2D eigenvalue weighted by Gasteiger charge is 2.48. The Morgan fingerprint density at radius 1 is 0.643 bits per heavy atom. The van der Waals surface area contributed by atoms with Crippen molar-refractivity contribution >= 4 is 28.5 Å². The van der Waals surface area contributed by atoms with Gasteiger partial charge in [0.1, 0.15) is 34.2 Å². The van der Waals surface area contributed by atoms with Crippen LogP contribution in [0.2, 0.25) is 0 Å². The van der Waals surface area contributed by atoms with Crippen molar-refractivity contribution in [3.05, 3.63) is 109 Å². The summed E-state index contributed by atoms with van der Waals surface area (Å²) < 4.78 is 0. The highest BCUT2D eigenvalue weighted by Crippen LogP contribution is 2.55. The second-order valence-corrected chi connectivity index (χ2v) is 10.2. The first-order valence-corrected chi connectivity index (χ1v) is 11.0. The normalized spacial score (nSPS) is 11.3. The summed E-state index contributed by atoms with van der Waals surface area (Å²) in [5.41, 5.74) is 0.919. The lowest BCUT2D eigenvalue weighted by molar-refractivity contribution is -0.270. The smallest absolute Gasteiger partial charge is 0.144 e. The Morgan fingerprint density at radius 3 is 1.43 bits per heavy atom. The van der Waals surface area contributed by atoms with Crippen molar-refractivity contribution in [3.8, 4) is 11.5 Å². The summed E-state index contributed by atoms with van der Waals surface area (Å²) in [6.45, 7) is 1.97. The molecule has 0 spiro atoms. The number of phenolic OH excluding ortho intramolecular Hbond substituents is 1. The molecule has 0 unspecified atom stereocenters. The van der Waals surface area contributed by atoms with E-state index in [4.69, 9.17) is 0 Å². The molecule has 0 heterocycles. The molecule has 0 atom stereocenters. The van der Waals surface area contributed by atoms with Gasteiger partial charge in [-0.05, 0) is 61.0 Å². The average molecular weight is 384 g/mol.